The molecule has 0 N–H and O–H groups in total. The van der Waals surface area contributed by atoms with Gasteiger partial charge in [0.05, 0.1) is 11.8 Å². The maximum Gasteiger partial charge on any atom is 0.192 e. The van der Waals surface area contributed by atoms with Gasteiger partial charge in [-0.15, -0.1) is 0 Å². The highest BCUT2D eigenvalue weighted by molar-refractivity contribution is 6.74. The predicted octanol–water partition coefficient (Wildman–Crippen LogP) is 6.83. The van der Waals surface area contributed by atoms with Crippen molar-refractivity contribution in [3.05, 3.63) is 54.6 Å². The van der Waals surface area contributed by atoms with Crippen molar-refractivity contribution in [1.82, 2.24) is 9.88 Å². The van der Waals surface area contributed by atoms with Crippen molar-refractivity contribution in [2.75, 3.05) is 44.2 Å². The standard InChI is InChI=1S/C30H43N3O2Si/c1-8-32-17-19-33(20-18-32)29-27-12-10-9-11-25(27)21-28(31-29)24-13-15-26(16-14-24)34-22-23(2)35-36(6,7)30(3,4)5/h9-16,21,23H,8,17-20,22H2,1-7H3. The highest BCUT2D eigenvalue weighted by Crippen LogP contribution is 2.37. The molecule has 0 spiro atoms. The van der Waals surface area contributed by atoms with E-state index in [4.69, 9.17) is 14.1 Å². The van der Waals surface area contributed by atoms with Gasteiger partial charge in [0.2, 0.25) is 0 Å². The zero-order valence-corrected chi connectivity index (χ0v) is 24.2. The number of benzene rings is 2. The van der Waals surface area contributed by atoms with E-state index in [1.165, 1.54) is 10.8 Å². The van der Waals surface area contributed by atoms with Crippen molar-refractivity contribution in [3.63, 3.8) is 0 Å². The molecule has 1 unspecified atom stereocenters. The first-order chi connectivity index (χ1) is 17.1. The summed E-state index contributed by atoms with van der Waals surface area (Å²) in [6.07, 6.45) is 0.0588. The lowest BCUT2D eigenvalue weighted by Gasteiger charge is -2.38. The number of pyridine rings is 1. The van der Waals surface area contributed by atoms with Crippen LogP contribution in [0.2, 0.25) is 18.1 Å². The van der Waals surface area contributed by atoms with Crippen LogP contribution in [-0.4, -0.2) is 63.6 Å². The monoisotopic (exact) mass is 505 g/mol. The molecule has 1 fully saturated rings. The van der Waals surface area contributed by atoms with Crippen molar-refractivity contribution < 1.29 is 9.16 Å². The summed E-state index contributed by atoms with van der Waals surface area (Å²) in [7, 11) is -1.80. The summed E-state index contributed by atoms with van der Waals surface area (Å²) in [6.45, 7) is 21.6. The maximum absolute atomic E-state index is 6.44. The van der Waals surface area contributed by atoms with Crippen molar-refractivity contribution in [2.45, 2.75) is 58.9 Å². The van der Waals surface area contributed by atoms with Gasteiger partial charge in [0, 0.05) is 37.1 Å². The van der Waals surface area contributed by atoms with Gasteiger partial charge in [-0.3, -0.25) is 0 Å². The molecule has 2 heterocycles. The molecular weight excluding hydrogens is 462 g/mol. The average Bonchev–Trinajstić information content (AvgIpc) is 2.86. The van der Waals surface area contributed by atoms with Crippen LogP contribution in [0.1, 0.15) is 34.6 Å². The smallest absolute Gasteiger partial charge is 0.192 e. The molecule has 3 aromatic rings. The number of anilines is 1. The van der Waals surface area contributed by atoms with Gasteiger partial charge < -0.3 is 19.0 Å². The molecule has 36 heavy (non-hydrogen) atoms. The van der Waals surface area contributed by atoms with Crippen LogP contribution in [-0.2, 0) is 4.43 Å². The van der Waals surface area contributed by atoms with Gasteiger partial charge >= 0.3 is 0 Å². The van der Waals surface area contributed by atoms with E-state index < -0.39 is 8.32 Å². The molecule has 0 bridgehead atoms. The van der Waals surface area contributed by atoms with Gasteiger partial charge in [0.1, 0.15) is 18.2 Å². The predicted molar refractivity (Wildman–Crippen MR) is 155 cm³/mol. The SMILES string of the molecule is CCN1CCN(c2nc(-c3ccc(OCC(C)O[Si](C)(C)C(C)(C)C)cc3)cc3ccccc23)CC1. The van der Waals surface area contributed by atoms with E-state index in [1.54, 1.807) is 0 Å². The van der Waals surface area contributed by atoms with Crippen LogP contribution in [0.4, 0.5) is 5.82 Å². The van der Waals surface area contributed by atoms with Gasteiger partial charge in [-0.1, -0.05) is 52.0 Å². The molecule has 0 saturated carbocycles. The highest BCUT2D eigenvalue weighted by Gasteiger charge is 2.38. The van der Waals surface area contributed by atoms with Crippen LogP contribution >= 0.6 is 0 Å². The van der Waals surface area contributed by atoms with Crippen LogP contribution in [0, 0.1) is 0 Å². The Morgan fingerprint density at radius 1 is 0.972 bits per heavy atom. The minimum Gasteiger partial charge on any atom is -0.491 e. The normalized spacial score (nSPS) is 16.4. The number of likely N-dealkylation sites (N-methyl/N-ethyl adjacent to an activating group) is 1. The molecule has 1 aliphatic rings. The van der Waals surface area contributed by atoms with Crippen LogP contribution < -0.4 is 9.64 Å². The lowest BCUT2D eigenvalue weighted by Crippen LogP contribution is -2.46. The average molecular weight is 506 g/mol. The van der Waals surface area contributed by atoms with Crippen LogP contribution in [0.25, 0.3) is 22.0 Å². The molecule has 1 aromatic heterocycles. The largest absolute Gasteiger partial charge is 0.491 e. The molecule has 0 aliphatic carbocycles. The van der Waals surface area contributed by atoms with Crippen molar-refractivity contribution in [1.29, 1.82) is 0 Å². The number of ether oxygens (including phenoxy) is 1. The molecule has 194 valence electrons. The Labute approximate surface area is 218 Å². The number of rotatable bonds is 8. The zero-order valence-electron chi connectivity index (χ0n) is 23.2. The van der Waals surface area contributed by atoms with Gasteiger partial charge in [-0.25, -0.2) is 4.98 Å². The molecule has 1 atom stereocenters. The topological polar surface area (TPSA) is 37.8 Å². The van der Waals surface area contributed by atoms with E-state index in [1.807, 2.05) is 12.1 Å². The second-order valence-corrected chi connectivity index (χ2v) is 16.3. The van der Waals surface area contributed by atoms with E-state index in [0.717, 1.165) is 55.5 Å². The van der Waals surface area contributed by atoms with Crippen molar-refractivity contribution in [3.8, 4) is 17.0 Å². The molecule has 1 aliphatic heterocycles. The quantitative estimate of drug-likeness (QED) is 0.314. The fourth-order valence-corrected chi connectivity index (χ4v) is 5.92. The summed E-state index contributed by atoms with van der Waals surface area (Å²) in [4.78, 5) is 10.1. The van der Waals surface area contributed by atoms with E-state index in [-0.39, 0.29) is 11.1 Å². The highest BCUT2D eigenvalue weighted by atomic mass is 28.4. The van der Waals surface area contributed by atoms with E-state index in [9.17, 15) is 0 Å². The van der Waals surface area contributed by atoms with Crippen LogP contribution in [0.15, 0.2) is 54.6 Å². The fourth-order valence-electron chi connectivity index (χ4n) is 4.49. The van der Waals surface area contributed by atoms with E-state index in [2.05, 4.69) is 100.0 Å². The minimum absolute atomic E-state index is 0.0588. The number of nitrogens with zero attached hydrogens (tertiary/aromatic N) is 3. The molecule has 0 amide bonds. The van der Waals surface area contributed by atoms with Gasteiger partial charge in [0.25, 0.3) is 0 Å². The lowest BCUT2D eigenvalue weighted by molar-refractivity contribution is 0.129. The maximum atomic E-state index is 6.44. The fraction of sp³-hybridized carbons (Fsp3) is 0.500. The van der Waals surface area contributed by atoms with Gasteiger partial charge in [-0.2, -0.15) is 0 Å². The Bertz CT molecular complexity index is 1150. The molecule has 6 heteroatoms. The Morgan fingerprint density at radius 3 is 2.28 bits per heavy atom. The Morgan fingerprint density at radius 2 is 1.64 bits per heavy atom. The minimum atomic E-state index is -1.80. The van der Waals surface area contributed by atoms with Crippen molar-refractivity contribution in [2.24, 2.45) is 0 Å². The summed E-state index contributed by atoms with van der Waals surface area (Å²) in [5.74, 6) is 1.96. The summed E-state index contributed by atoms with van der Waals surface area (Å²) in [6, 6.07) is 19.1. The number of aromatic nitrogens is 1. The molecular formula is C30H43N3O2Si. The van der Waals surface area contributed by atoms with Crippen molar-refractivity contribution >= 4 is 24.9 Å². The Balaban J connectivity index is 1.49. The van der Waals surface area contributed by atoms with Crippen LogP contribution in [0.5, 0.6) is 5.75 Å². The first-order valence-corrected chi connectivity index (χ1v) is 16.3. The summed E-state index contributed by atoms with van der Waals surface area (Å²) >= 11 is 0. The molecule has 0 radical (unpaired) electrons. The second kappa shape index (κ2) is 10.9. The summed E-state index contributed by atoms with van der Waals surface area (Å²) < 4.78 is 12.5. The van der Waals surface area contributed by atoms with Gasteiger partial charge in [0.15, 0.2) is 8.32 Å². The second-order valence-electron chi connectivity index (χ2n) is 11.5. The molecule has 1 saturated heterocycles. The number of piperazine rings is 1. The Kier molecular flexibility index (Phi) is 8.08. The number of hydrogen-bond acceptors (Lipinski definition) is 5. The first kappa shape index (κ1) is 26.6. The lowest BCUT2D eigenvalue weighted by atomic mass is 10.1. The zero-order chi connectivity index (χ0) is 25.9. The third-order valence-corrected chi connectivity index (χ3v) is 12.4. The van der Waals surface area contributed by atoms with Crippen LogP contribution in [0.3, 0.4) is 0 Å². The molecule has 5 nitrogen and oxygen atoms in total. The van der Waals surface area contributed by atoms with Gasteiger partial charge in [-0.05, 0) is 67.3 Å². The van der Waals surface area contributed by atoms with E-state index >= 15 is 0 Å². The number of hydrogen-bond donors (Lipinski definition) is 0. The third-order valence-electron chi connectivity index (χ3n) is 7.78. The molecule has 4 rings (SSSR count). The van der Waals surface area contributed by atoms with E-state index in [0.29, 0.717) is 6.61 Å². The molecule has 2 aromatic carbocycles. The summed E-state index contributed by atoms with van der Waals surface area (Å²) in [5, 5.41) is 2.65. The first-order valence-electron chi connectivity index (χ1n) is 13.4. The Hall–Kier alpha value is -2.41. The summed E-state index contributed by atoms with van der Waals surface area (Å²) in [5.41, 5.74) is 2.11. The third kappa shape index (κ3) is 6.10. The number of fused-ring (bicyclic) bond motifs is 1.